The van der Waals surface area contributed by atoms with Gasteiger partial charge in [0.05, 0.1) is 10.9 Å². The van der Waals surface area contributed by atoms with E-state index >= 15 is 0 Å². The second kappa shape index (κ2) is 5.46. The van der Waals surface area contributed by atoms with E-state index in [2.05, 4.69) is 10.0 Å². The van der Waals surface area contributed by atoms with Gasteiger partial charge in [0, 0.05) is 6.54 Å². The summed E-state index contributed by atoms with van der Waals surface area (Å²) < 4.78 is 39.4. The third-order valence-electron chi connectivity index (χ3n) is 2.40. The molecule has 96 valence electrons. The van der Waals surface area contributed by atoms with Gasteiger partial charge in [0.25, 0.3) is 0 Å². The SMILES string of the molecule is CNCC(C)S(=O)(=O)Nc1ccc(C)cc1F. The first-order valence-electron chi connectivity index (χ1n) is 5.29. The van der Waals surface area contributed by atoms with Crippen LogP contribution in [0.25, 0.3) is 0 Å². The molecule has 6 heteroatoms. The molecule has 1 rings (SSSR count). The van der Waals surface area contributed by atoms with Crippen LogP contribution in [0.2, 0.25) is 0 Å². The van der Waals surface area contributed by atoms with Crippen molar-refractivity contribution >= 4 is 15.7 Å². The summed E-state index contributed by atoms with van der Waals surface area (Å²) in [5, 5.41) is 2.14. The van der Waals surface area contributed by atoms with E-state index in [1.165, 1.54) is 12.1 Å². The Bertz CT molecular complexity index is 488. The maximum atomic E-state index is 13.5. The normalized spacial score (nSPS) is 13.4. The predicted molar refractivity (Wildman–Crippen MR) is 67.1 cm³/mol. The van der Waals surface area contributed by atoms with Crippen molar-refractivity contribution in [2.24, 2.45) is 0 Å². The molecule has 0 saturated heterocycles. The summed E-state index contributed by atoms with van der Waals surface area (Å²) in [4.78, 5) is 0. The fourth-order valence-electron chi connectivity index (χ4n) is 1.35. The highest BCUT2D eigenvalue weighted by molar-refractivity contribution is 7.93. The quantitative estimate of drug-likeness (QED) is 0.843. The smallest absolute Gasteiger partial charge is 0.236 e. The maximum absolute atomic E-state index is 13.5. The number of sulfonamides is 1. The number of rotatable bonds is 5. The molecule has 1 atom stereocenters. The van der Waals surface area contributed by atoms with E-state index in [1.54, 1.807) is 27.0 Å². The summed E-state index contributed by atoms with van der Waals surface area (Å²) in [6.45, 7) is 3.61. The molecule has 0 bridgehead atoms. The van der Waals surface area contributed by atoms with E-state index in [0.29, 0.717) is 6.54 Å². The summed E-state index contributed by atoms with van der Waals surface area (Å²) in [5.74, 6) is -0.565. The van der Waals surface area contributed by atoms with E-state index in [0.717, 1.165) is 5.56 Å². The van der Waals surface area contributed by atoms with Gasteiger partial charge in [-0.05, 0) is 38.6 Å². The van der Waals surface area contributed by atoms with Gasteiger partial charge in [0.2, 0.25) is 10.0 Å². The second-order valence-electron chi connectivity index (χ2n) is 4.00. The molecule has 17 heavy (non-hydrogen) atoms. The Labute approximate surface area is 101 Å². The Kier molecular flexibility index (Phi) is 4.47. The molecule has 1 unspecified atom stereocenters. The highest BCUT2D eigenvalue weighted by atomic mass is 32.2. The highest BCUT2D eigenvalue weighted by Crippen LogP contribution is 2.17. The number of halogens is 1. The Morgan fingerprint density at radius 1 is 1.41 bits per heavy atom. The van der Waals surface area contributed by atoms with Crippen molar-refractivity contribution in [1.82, 2.24) is 5.32 Å². The minimum absolute atomic E-state index is 0.0152. The fraction of sp³-hybridized carbons (Fsp3) is 0.455. The van der Waals surface area contributed by atoms with Gasteiger partial charge in [-0.2, -0.15) is 0 Å². The van der Waals surface area contributed by atoms with Crippen molar-refractivity contribution in [2.45, 2.75) is 19.1 Å². The zero-order chi connectivity index (χ0) is 13.1. The molecule has 0 aliphatic heterocycles. The number of aryl methyl sites for hydroxylation is 1. The van der Waals surface area contributed by atoms with Crippen LogP contribution in [0.5, 0.6) is 0 Å². The Balaban J connectivity index is 2.90. The van der Waals surface area contributed by atoms with Crippen LogP contribution < -0.4 is 10.0 Å². The van der Waals surface area contributed by atoms with Crippen molar-refractivity contribution in [3.63, 3.8) is 0 Å². The Hall–Kier alpha value is -1.14. The van der Waals surface area contributed by atoms with Gasteiger partial charge >= 0.3 is 0 Å². The number of hydrogen-bond donors (Lipinski definition) is 2. The summed E-state index contributed by atoms with van der Waals surface area (Å²) in [7, 11) is -1.90. The first-order chi connectivity index (χ1) is 7.86. The number of benzene rings is 1. The summed E-state index contributed by atoms with van der Waals surface area (Å²) in [6, 6.07) is 4.37. The van der Waals surface area contributed by atoms with Gasteiger partial charge < -0.3 is 5.32 Å². The first kappa shape index (κ1) is 13.9. The van der Waals surface area contributed by atoms with Gasteiger partial charge in [-0.3, -0.25) is 4.72 Å². The van der Waals surface area contributed by atoms with Gasteiger partial charge in [-0.25, -0.2) is 12.8 Å². The molecule has 1 aromatic rings. The third kappa shape index (κ3) is 3.67. The van der Waals surface area contributed by atoms with Crippen LogP contribution in [0.3, 0.4) is 0 Å². The van der Waals surface area contributed by atoms with E-state index in [1.807, 2.05) is 0 Å². The van der Waals surface area contributed by atoms with Crippen LogP contribution in [0.1, 0.15) is 12.5 Å². The Morgan fingerprint density at radius 2 is 2.06 bits per heavy atom. The van der Waals surface area contributed by atoms with Crippen LogP contribution >= 0.6 is 0 Å². The fourth-order valence-corrected chi connectivity index (χ4v) is 2.41. The summed E-state index contributed by atoms with van der Waals surface area (Å²) in [5.41, 5.74) is 0.729. The largest absolute Gasteiger partial charge is 0.318 e. The van der Waals surface area contributed by atoms with E-state index in [9.17, 15) is 12.8 Å². The lowest BCUT2D eigenvalue weighted by Gasteiger charge is -2.14. The predicted octanol–water partition coefficient (Wildman–Crippen LogP) is 1.48. The van der Waals surface area contributed by atoms with Crippen molar-refractivity contribution < 1.29 is 12.8 Å². The summed E-state index contributed by atoms with van der Waals surface area (Å²) in [6.07, 6.45) is 0. The highest BCUT2D eigenvalue weighted by Gasteiger charge is 2.21. The monoisotopic (exact) mass is 260 g/mol. The standard InChI is InChI=1S/C11H17FN2O2S/c1-8-4-5-11(10(12)6-8)14-17(15,16)9(2)7-13-3/h4-6,9,13-14H,7H2,1-3H3. The second-order valence-corrected chi connectivity index (χ2v) is 6.10. The molecular formula is C11H17FN2O2S. The first-order valence-corrected chi connectivity index (χ1v) is 6.84. The lowest BCUT2D eigenvalue weighted by Crippen LogP contribution is -2.33. The van der Waals surface area contributed by atoms with Gasteiger partial charge in [0.15, 0.2) is 0 Å². The van der Waals surface area contributed by atoms with Gasteiger partial charge in [-0.15, -0.1) is 0 Å². The Morgan fingerprint density at radius 3 is 2.59 bits per heavy atom. The van der Waals surface area contributed by atoms with Crippen molar-refractivity contribution in [1.29, 1.82) is 0 Å². The van der Waals surface area contributed by atoms with Gasteiger partial charge in [-0.1, -0.05) is 6.07 Å². The number of anilines is 1. The third-order valence-corrected chi connectivity index (χ3v) is 4.13. The number of nitrogens with one attached hydrogen (secondary N) is 2. The lowest BCUT2D eigenvalue weighted by atomic mass is 10.2. The van der Waals surface area contributed by atoms with E-state index < -0.39 is 21.1 Å². The zero-order valence-electron chi connectivity index (χ0n) is 10.1. The molecule has 0 amide bonds. The molecule has 0 radical (unpaired) electrons. The summed E-state index contributed by atoms with van der Waals surface area (Å²) >= 11 is 0. The molecule has 0 fully saturated rings. The molecular weight excluding hydrogens is 243 g/mol. The number of hydrogen-bond acceptors (Lipinski definition) is 3. The van der Waals surface area contributed by atoms with Crippen molar-refractivity contribution in [2.75, 3.05) is 18.3 Å². The van der Waals surface area contributed by atoms with E-state index in [-0.39, 0.29) is 5.69 Å². The van der Waals surface area contributed by atoms with Gasteiger partial charge in [0.1, 0.15) is 5.82 Å². The topological polar surface area (TPSA) is 58.2 Å². The van der Waals surface area contributed by atoms with Crippen molar-refractivity contribution in [3.05, 3.63) is 29.6 Å². The molecule has 1 aromatic carbocycles. The average Bonchev–Trinajstić information content (AvgIpc) is 2.22. The van der Waals surface area contributed by atoms with Crippen LogP contribution in [-0.4, -0.2) is 27.3 Å². The van der Waals surface area contributed by atoms with E-state index in [4.69, 9.17) is 0 Å². The van der Waals surface area contributed by atoms with Crippen LogP contribution in [0.4, 0.5) is 10.1 Å². The van der Waals surface area contributed by atoms with Crippen LogP contribution in [0, 0.1) is 12.7 Å². The van der Waals surface area contributed by atoms with Crippen LogP contribution in [-0.2, 0) is 10.0 Å². The molecule has 0 aliphatic carbocycles. The molecule has 0 spiro atoms. The minimum atomic E-state index is -3.56. The molecule has 0 saturated carbocycles. The zero-order valence-corrected chi connectivity index (χ0v) is 10.9. The molecule has 4 nitrogen and oxygen atoms in total. The average molecular weight is 260 g/mol. The molecule has 0 aliphatic rings. The maximum Gasteiger partial charge on any atom is 0.236 e. The lowest BCUT2D eigenvalue weighted by molar-refractivity contribution is 0.582. The molecule has 0 heterocycles. The van der Waals surface area contributed by atoms with Crippen molar-refractivity contribution in [3.8, 4) is 0 Å². The molecule has 2 N–H and O–H groups in total. The minimum Gasteiger partial charge on any atom is -0.318 e. The van der Waals surface area contributed by atoms with Crippen LogP contribution in [0.15, 0.2) is 18.2 Å². The molecule has 0 aromatic heterocycles.